The Bertz CT molecular complexity index is 912. The van der Waals surface area contributed by atoms with Crippen LogP contribution in [0.15, 0.2) is 11.1 Å². The number of halogens is 2. The Morgan fingerprint density at radius 2 is 2.22 bits per heavy atom. The van der Waals surface area contributed by atoms with E-state index in [1.807, 2.05) is 0 Å². The molecule has 0 aliphatic carbocycles. The second-order valence-electron chi connectivity index (χ2n) is 6.53. The molecular weight excluding hydrogens is 368 g/mol. The summed E-state index contributed by atoms with van der Waals surface area (Å²) in [4.78, 5) is 34.2. The van der Waals surface area contributed by atoms with E-state index in [1.54, 1.807) is 13.8 Å². The predicted molar refractivity (Wildman–Crippen MR) is 88.2 cm³/mol. The molecule has 1 aliphatic heterocycles. The summed E-state index contributed by atoms with van der Waals surface area (Å²) in [5.41, 5.74) is -0.992. The van der Waals surface area contributed by atoms with Gasteiger partial charge in [0.25, 0.3) is 5.56 Å². The van der Waals surface area contributed by atoms with Gasteiger partial charge in [-0.2, -0.15) is 4.98 Å². The lowest BCUT2D eigenvalue weighted by Crippen LogP contribution is -2.39. The maximum absolute atomic E-state index is 14.2. The Labute approximate surface area is 151 Å². The number of H-pyrrole nitrogens is 1. The van der Waals surface area contributed by atoms with Gasteiger partial charge in [-0.1, -0.05) is 13.8 Å². The van der Waals surface area contributed by atoms with Crippen molar-refractivity contribution < 1.29 is 28.5 Å². The third-order valence-corrected chi connectivity index (χ3v) is 4.26. The Balaban J connectivity index is 2.01. The number of aliphatic hydroxyl groups excluding tert-OH is 2. The highest BCUT2D eigenvalue weighted by atomic mass is 19.3. The number of nitrogens with one attached hydrogen (secondary N) is 2. The molecule has 3 atom stereocenters. The van der Waals surface area contributed by atoms with Gasteiger partial charge in [-0.25, -0.2) is 13.8 Å². The van der Waals surface area contributed by atoms with E-state index in [2.05, 4.69) is 20.3 Å². The third-order valence-electron chi connectivity index (χ3n) is 4.26. The molecule has 12 heteroatoms. The van der Waals surface area contributed by atoms with Crippen molar-refractivity contribution in [1.82, 2.24) is 19.5 Å². The van der Waals surface area contributed by atoms with E-state index in [-0.39, 0.29) is 29.5 Å². The van der Waals surface area contributed by atoms with E-state index in [9.17, 15) is 23.5 Å². The molecule has 10 nitrogen and oxygen atoms in total. The molecule has 0 bridgehead atoms. The van der Waals surface area contributed by atoms with Gasteiger partial charge in [-0.3, -0.25) is 24.5 Å². The van der Waals surface area contributed by atoms with Crippen molar-refractivity contribution in [2.24, 2.45) is 5.92 Å². The van der Waals surface area contributed by atoms with Crippen molar-refractivity contribution in [3.05, 3.63) is 16.7 Å². The van der Waals surface area contributed by atoms with Gasteiger partial charge in [0.2, 0.25) is 11.9 Å². The second-order valence-corrected chi connectivity index (χ2v) is 6.53. The van der Waals surface area contributed by atoms with Gasteiger partial charge in [0, 0.05) is 18.9 Å². The van der Waals surface area contributed by atoms with Crippen LogP contribution in [0.2, 0.25) is 0 Å². The number of hydrogen-bond donors (Lipinski definition) is 4. The van der Waals surface area contributed by atoms with E-state index in [4.69, 9.17) is 9.84 Å². The SMILES string of the molecule is CC(C)C(=O)Nc1nc2c(ncn2[C@@H]2O[C@H](CCO)C(F)(F)[C@H]2O)c(=O)[nH]1. The number of amides is 1. The first-order valence-electron chi connectivity index (χ1n) is 8.26. The first-order chi connectivity index (χ1) is 12.7. The molecule has 1 saturated heterocycles. The van der Waals surface area contributed by atoms with Gasteiger partial charge in [0.05, 0.1) is 6.33 Å². The number of fused-ring (bicyclic) bond motifs is 1. The molecule has 2 aromatic heterocycles. The van der Waals surface area contributed by atoms with Crippen molar-refractivity contribution in [2.45, 2.75) is 44.6 Å². The number of imidazole rings is 1. The zero-order chi connectivity index (χ0) is 19.9. The minimum absolute atomic E-state index is 0.137. The molecule has 148 valence electrons. The zero-order valence-electron chi connectivity index (χ0n) is 14.5. The number of aromatic nitrogens is 4. The van der Waals surface area contributed by atoms with Crippen LogP contribution in [0.4, 0.5) is 14.7 Å². The lowest BCUT2D eigenvalue weighted by Gasteiger charge is -2.18. The largest absolute Gasteiger partial charge is 0.396 e. The first-order valence-corrected chi connectivity index (χ1v) is 8.26. The number of aliphatic hydroxyl groups is 2. The van der Waals surface area contributed by atoms with Crippen LogP contribution in [0.1, 0.15) is 26.5 Å². The second kappa shape index (κ2) is 6.94. The first kappa shape index (κ1) is 19.3. The van der Waals surface area contributed by atoms with Gasteiger partial charge in [-0.05, 0) is 0 Å². The molecule has 0 aromatic carbocycles. The summed E-state index contributed by atoms with van der Waals surface area (Å²) in [5, 5.41) is 21.3. The molecule has 27 heavy (non-hydrogen) atoms. The summed E-state index contributed by atoms with van der Waals surface area (Å²) in [5.74, 6) is -4.58. The fourth-order valence-corrected chi connectivity index (χ4v) is 2.74. The Kier molecular flexibility index (Phi) is 4.97. The summed E-state index contributed by atoms with van der Waals surface area (Å²) in [7, 11) is 0. The lowest BCUT2D eigenvalue weighted by molar-refractivity contribution is -0.118. The van der Waals surface area contributed by atoms with E-state index in [0.717, 1.165) is 10.9 Å². The Hall–Kier alpha value is -2.44. The third kappa shape index (κ3) is 3.31. The van der Waals surface area contributed by atoms with Gasteiger partial charge < -0.3 is 14.9 Å². The lowest BCUT2D eigenvalue weighted by atomic mass is 10.1. The topological polar surface area (TPSA) is 142 Å². The number of ether oxygens (including phenoxy) is 1. The molecule has 0 radical (unpaired) electrons. The number of carbonyl (C=O) groups excluding carboxylic acids is 1. The highest BCUT2D eigenvalue weighted by Crippen LogP contribution is 2.43. The molecule has 2 aromatic rings. The number of hydrogen-bond acceptors (Lipinski definition) is 7. The molecule has 1 fully saturated rings. The predicted octanol–water partition coefficient (Wildman–Crippen LogP) is -0.00990. The fraction of sp³-hybridized carbons (Fsp3) is 0.600. The smallest absolute Gasteiger partial charge is 0.303 e. The maximum Gasteiger partial charge on any atom is 0.303 e. The average Bonchev–Trinajstić information content (AvgIpc) is 3.10. The fourth-order valence-electron chi connectivity index (χ4n) is 2.74. The summed E-state index contributed by atoms with van der Waals surface area (Å²) in [6.07, 6.45) is -4.84. The van der Waals surface area contributed by atoms with Crippen LogP contribution >= 0.6 is 0 Å². The van der Waals surface area contributed by atoms with Gasteiger partial charge in [0.1, 0.15) is 6.10 Å². The average molecular weight is 387 g/mol. The summed E-state index contributed by atoms with van der Waals surface area (Å²) in [6.45, 7) is 2.73. The molecule has 3 rings (SSSR count). The van der Waals surface area contributed by atoms with Gasteiger partial charge in [-0.15, -0.1) is 0 Å². The highest BCUT2D eigenvalue weighted by molar-refractivity contribution is 5.91. The Morgan fingerprint density at radius 3 is 2.85 bits per heavy atom. The standard InChI is InChI=1S/C15H19F2N5O5/c1-6(2)11(25)20-14-19-10-8(12(26)21-14)18-5-22(10)13-9(24)15(16,17)7(27-13)3-4-23/h5-7,9,13,23-24H,3-4H2,1-2H3,(H2,19,20,21,25,26)/t7-,9+,13-/m1/s1. The number of nitrogens with zero attached hydrogens (tertiary/aromatic N) is 3. The molecule has 0 saturated carbocycles. The summed E-state index contributed by atoms with van der Waals surface area (Å²) >= 11 is 0. The van der Waals surface area contributed by atoms with Crippen LogP contribution in [-0.2, 0) is 9.53 Å². The van der Waals surface area contributed by atoms with Crippen molar-refractivity contribution in [3.8, 4) is 0 Å². The molecular formula is C15H19F2N5O5. The molecule has 1 amide bonds. The molecule has 4 N–H and O–H groups in total. The van der Waals surface area contributed by atoms with Gasteiger partial charge >= 0.3 is 5.92 Å². The van der Waals surface area contributed by atoms with Crippen LogP contribution < -0.4 is 10.9 Å². The highest BCUT2D eigenvalue weighted by Gasteiger charge is 2.58. The van der Waals surface area contributed by atoms with E-state index < -0.39 is 42.4 Å². The van der Waals surface area contributed by atoms with E-state index >= 15 is 0 Å². The van der Waals surface area contributed by atoms with Crippen LogP contribution in [0.5, 0.6) is 0 Å². The maximum atomic E-state index is 14.2. The van der Waals surface area contributed by atoms with E-state index in [0.29, 0.717) is 0 Å². The monoisotopic (exact) mass is 387 g/mol. The van der Waals surface area contributed by atoms with Crippen molar-refractivity contribution in [3.63, 3.8) is 0 Å². The number of carbonyl (C=O) groups is 1. The molecule has 1 aliphatic rings. The normalized spacial score (nSPS) is 24.6. The number of anilines is 1. The summed E-state index contributed by atoms with van der Waals surface area (Å²) in [6, 6.07) is 0. The van der Waals surface area contributed by atoms with Crippen LogP contribution in [0.3, 0.4) is 0 Å². The Morgan fingerprint density at radius 1 is 1.52 bits per heavy atom. The number of aromatic amines is 1. The van der Waals surface area contributed by atoms with Crippen LogP contribution in [0, 0.1) is 5.92 Å². The van der Waals surface area contributed by atoms with Crippen molar-refractivity contribution in [1.29, 1.82) is 0 Å². The van der Waals surface area contributed by atoms with Crippen LogP contribution in [-0.4, -0.2) is 60.4 Å². The molecule has 3 heterocycles. The minimum atomic E-state index is -3.61. The minimum Gasteiger partial charge on any atom is -0.396 e. The molecule has 0 unspecified atom stereocenters. The number of alkyl halides is 2. The van der Waals surface area contributed by atoms with Gasteiger partial charge in [0.15, 0.2) is 23.5 Å². The van der Waals surface area contributed by atoms with E-state index in [1.165, 1.54) is 0 Å². The van der Waals surface area contributed by atoms with Crippen LogP contribution in [0.25, 0.3) is 11.2 Å². The van der Waals surface area contributed by atoms with Crippen molar-refractivity contribution >= 4 is 23.0 Å². The molecule has 0 spiro atoms. The zero-order valence-corrected chi connectivity index (χ0v) is 14.5. The quantitative estimate of drug-likeness (QED) is 0.565. The number of rotatable bonds is 5. The summed E-state index contributed by atoms with van der Waals surface area (Å²) < 4.78 is 34.6. The van der Waals surface area contributed by atoms with Crippen molar-refractivity contribution in [2.75, 3.05) is 11.9 Å².